The molecule has 0 bridgehead atoms. The molecule has 8 heteroatoms. The fourth-order valence-corrected chi connectivity index (χ4v) is 2.84. The van der Waals surface area contributed by atoms with Crippen LogP contribution in [0.2, 0.25) is 0 Å². The molecule has 2 N–H and O–H groups in total. The first-order valence-electron chi connectivity index (χ1n) is 8.73. The van der Waals surface area contributed by atoms with Gasteiger partial charge in [0.1, 0.15) is 0 Å². The average molecular weight is 354 g/mol. The van der Waals surface area contributed by atoms with Crippen LogP contribution in [0.5, 0.6) is 0 Å². The summed E-state index contributed by atoms with van der Waals surface area (Å²) in [5.74, 6) is -0.797. The molecule has 0 unspecified atom stereocenters. The molecule has 0 saturated carbocycles. The molecule has 0 spiro atoms. The summed E-state index contributed by atoms with van der Waals surface area (Å²) in [5, 5.41) is 17.1. The van der Waals surface area contributed by atoms with Gasteiger partial charge in [0, 0.05) is 17.8 Å². The topological polar surface area (TPSA) is 102 Å². The minimum atomic E-state index is -0.673. The maximum Gasteiger partial charge on any atom is 0.313 e. The smallest absolute Gasteiger partial charge is 0.313 e. The van der Waals surface area contributed by atoms with Crippen LogP contribution in [0.15, 0.2) is 35.9 Å². The summed E-state index contributed by atoms with van der Waals surface area (Å²) in [7, 11) is 1.69. The predicted molar refractivity (Wildman–Crippen MR) is 97.0 cm³/mol. The first-order chi connectivity index (χ1) is 12.6. The third-order valence-electron chi connectivity index (χ3n) is 4.23. The Balaban J connectivity index is 1.47. The summed E-state index contributed by atoms with van der Waals surface area (Å²) in [6.07, 6.45) is 7.70. The van der Waals surface area contributed by atoms with Crippen LogP contribution in [0.25, 0.3) is 11.4 Å². The number of tetrazole rings is 1. The second-order valence-electron chi connectivity index (χ2n) is 6.25. The highest BCUT2D eigenvalue weighted by atomic mass is 16.2. The highest BCUT2D eigenvalue weighted by Crippen LogP contribution is 2.19. The van der Waals surface area contributed by atoms with Crippen molar-refractivity contribution in [2.45, 2.75) is 32.1 Å². The maximum atomic E-state index is 12.0. The largest absolute Gasteiger partial charge is 0.348 e. The van der Waals surface area contributed by atoms with Crippen molar-refractivity contribution in [3.8, 4) is 11.4 Å². The van der Waals surface area contributed by atoms with Crippen molar-refractivity contribution in [3.05, 3.63) is 35.9 Å². The summed E-state index contributed by atoms with van der Waals surface area (Å²) in [6.45, 7) is 0.482. The molecule has 0 atom stereocenters. The molecule has 1 aromatic carbocycles. The van der Waals surface area contributed by atoms with Crippen molar-refractivity contribution < 1.29 is 9.59 Å². The van der Waals surface area contributed by atoms with E-state index in [4.69, 9.17) is 0 Å². The lowest BCUT2D eigenvalue weighted by atomic mass is 9.97. The first-order valence-corrected chi connectivity index (χ1v) is 8.73. The Morgan fingerprint density at radius 3 is 2.62 bits per heavy atom. The van der Waals surface area contributed by atoms with Crippen molar-refractivity contribution in [2.75, 3.05) is 11.9 Å². The number of carbonyl (C=O) groups is 2. The maximum absolute atomic E-state index is 12.0. The minimum absolute atomic E-state index is 0.482. The van der Waals surface area contributed by atoms with E-state index in [1.807, 2.05) is 0 Å². The number of anilines is 1. The van der Waals surface area contributed by atoms with Gasteiger partial charge in [-0.2, -0.15) is 4.80 Å². The van der Waals surface area contributed by atoms with Gasteiger partial charge < -0.3 is 10.6 Å². The molecule has 1 aliphatic rings. The molecule has 0 saturated heterocycles. The van der Waals surface area contributed by atoms with Gasteiger partial charge in [-0.1, -0.05) is 11.6 Å². The van der Waals surface area contributed by atoms with E-state index < -0.39 is 11.8 Å². The minimum Gasteiger partial charge on any atom is -0.348 e. The second-order valence-corrected chi connectivity index (χ2v) is 6.25. The Kier molecular flexibility index (Phi) is 5.73. The van der Waals surface area contributed by atoms with E-state index in [0.29, 0.717) is 18.1 Å². The van der Waals surface area contributed by atoms with Crippen LogP contribution >= 0.6 is 0 Å². The number of amides is 2. The fourth-order valence-electron chi connectivity index (χ4n) is 2.84. The van der Waals surface area contributed by atoms with Crippen LogP contribution in [0, 0.1) is 0 Å². The summed E-state index contributed by atoms with van der Waals surface area (Å²) < 4.78 is 0. The van der Waals surface area contributed by atoms with Gasteiger partial charge in [0.2, 0.25) is 5.82 Å². The fraction of sp³-hybridized carbons (Fsp3) is 0.389. The molecule has 3 rings (SSSR count). The van der Waals surface area contributed by atoms with E-state index >= 15 is 0 Å². The number of nitrogens with zero attached hydrogens (tertiary/aromatic N) is 4. The van der Waals surface area contributed by atoms with Crippen molar-refractivity contribution >= 4 is 17.5 Å². The zero-order valence-corrected chi connectivity index (χ0v) is 14.7. The molecule has 0 fully saturated rings. The molecule has 136 valence electrons. The molecule has 8 nitrogen and oxygen atoms in total. The number of rotatable bonds is 5. The monoisotopic (exact) mass is 354 g/mol. The van der Waals surface area contributed by atoms with Gasteiger partial charge >= 0.3 is 11.8 Å². The summed E-state index contributed by atoms with van der Waals surface area (Å²) in [4.78, 5) is 25.3. The Bertz CT molecular complexity index is 809. The van der Waals surface area contributed by atoms with Gasteiger partial charge in [-0.15, -0.1) is 10.2 Å². The molecule has 2 amide bonds. The van der Waals surface area contributed by atoms with Crippen LogP contribution in [-0.2, 0) is 16.6 Å². The zero-order valence-electron chi connectivity index (χ0n) is 14.7. The molecule has 0 radical (unpaired) electrons. The molecular weight excluding hydrogens is 332 g/mol. The van der Waals surface area contributed by atoms with Gasteiger partial charge in [-0.05, 0) is 61.6 Å². The van der Waals surface area contributed by atoms with E-state index in [-0.39, 0.29) is 0 Å². The number of aromatic nitrogens is 4. The Hall–Kier alpha value is -3.03. The Labute approximate surface area is 151 Å². The molecule has 1 aliphatic carbocycles. The SMILES string of the molecule is Cn1nnc(-c2ccc(NC(=O)C(=O)NCCC3=CCCCC3)cc2)n1. The lowest BCUT2D eigenvalue weighted by Crippen LogP contribution is -2.36. The predicted octanol–water partition coefficient (Wildman–Crippen LogP) is 1.82. The zero-order chi connectivity index (χ0) is 18.4. The second kappa shape index (κ2) is 8.37. The number of nitrogens with one attached hydrogen (secondary N) is 2. The Morgan fingerprint density at radius 1 is 1.15 bits per heavy atom. The molecule has 2 aromatic rings. The van der Waals surface area contributed by atoms with E-state index in [1.165, 1.54) is 23.2 Å². The van der Waals surface area contributed by atoms with Crippen molar-refractivity contribution in [1.82, 2.24) is 25.5 Å². The number of hydrogen-bond donors (Lipinski definition) is 2. The summed E-state index contributed by atoms with van der Waals surface area (Å²) in [6, 6.07) is 6.92. The molecule has 1 heterocycles. The van der Waals surface area contributed by atoms with E-state index in [9.17, 15) is 9.59 Å². The van der Waals surface area contributed by atoms with Gasteiger partial charge in [-0.3, -0.25) is 9.59 Å². The third kappa shape index (κ3) is 4.75. The van der Waals surface area contributed by atoms with Crippen molar-refractivity contribution in [1.29, 1.82) is 0 Å². The molecule has 26 heavy (non-hydrogen) atoms. The lowest BCUT2D eigenvalue weighted by molar-refractivity contribution is -0.136. The average Bonchev–Trinajstić information content (AvgIpc) is 3.09. The van der Waals surface area contributed by atoms with E-state index in [0.717, 1.165) is 24.8 Å². The number of benzene rings is 1. The molecule has 1 aromatic heterocycles. The highest BCUT2D eigenvalue weighted by Gasteiger charge is 2.14. The van der Waals surface area contributed by atoms with Gasteiger partial charge in [0.25, 0.3) is 0 Å². The van der Waals surface area contributed by atoms with Crippen LogP contribution < -0.4 is 10.6 Å². The quantitative estimate of drug-likeness (QED) is 0.630. The lowest BCUT2D eigenvalue weighted by Gasteiger charge is -2.12. The normalized spacial score (nSPS) is 13.8. The highest BCUT2D eigenvalue weighted by molar-refractivity contribution is 6.39. The van der Waals surface area contributed by atoms with Gasteiger partial charge in [0.05, 0.1) is 7.05 Å². The van der Waals surface area contributed by atoms with E-state index in [2.05, 4.69) is 32.1 Å². The third-order valence-corrected chi connectivity index (χ3v) is 4.23. The number of allylic oxidation sites excluding steroid dienone is 1. The van der Waals surface area contributed by atoms with Crippen molar-refractivity contribution in [3.63, 3.8) is 0 Å². The van der Waals surface area contributed by atoms with Crippen LogP contribution in [-0.4, -0.2) is 38.6 Å². The molecule has 0 aliphatic heterocycles. The molecular formula is C18H22N6O2. The van der Waals surface area contributed by atoms with Crippen LogP contribution in [0.3, 0.4) is 0 Å². The standard InChI is InChI=1S/C18H22N6O2/c1-24-22-16(21-23-24)14-7-9-15(10-8-14)20-18(26)17(25)19-12-11-13-5-3-2-4-6-13/h5,7-10H,2-4,6,11-12H2,1H3,(H,19,25)(H,20,26). The van der Waals surface area contributed by atoms with E-state index in [1.54, 1.807) is 31.3 Å². The van der Waals surface area contributed by atoms with Crippen molar-refractivity contribution in [2.24, 2.45) is 7.05 Å². The van der Waals surface area contributed by atoms with Crippen LogP contribution in [0.1, 0.15) is 32.1 Å². The summed E-state index contributed by atoms with van der Waals surface area (Å²) >= 11 is 0. The first kappa shape index (κ1) is 17.8. The number of aryl methyl sites for hydroxylation is 1. The van der Waals surface area contributed by atoms with Gasteiger partial charge in [-0.25, -0.2) is 0 Å². The number of carbonyl (C=O) groups excluding carboxylic acids is 2. The number of hydrogen-bond acceptors (Lipinski definition) is 5. The Morgan fingerprint density at radius 2 is 1.96 bits per heavy atom. The summed E-state index contributed by atoms with van der Waals surface area (Å²) in [5.41, 5.74) is 2.68. The van der Waals surface area contributed by atoms with Crippen LogP contribution in [0.4, 0.5) is 5.69 Å². The van der Waals surface area contributed by atoms with Gasteiger partial charge in [0.15, 0.2) is 0 Å².